The van der Waals surface area contributed by atoms with Crippen LogP contribution in [0.1, 0.15) is 17.2 Å². The van der Waals surface area contributed by atoms with Crippen LogP contribution in [0.4, 0.5) is 8.78 Å². The molecule has 0 saturated carbocycles. The Bertz CT molecular complexity index is 578. The van der Waals surface area contributed by atoms with E-state index in [9.17, 15) is 8.78 Å². The number of methoxy groups -OCH3 is 1. The molecule has 0 aliphatic carbocycles. The smallest absolute Gasteiger partial charge is 0.126 e. The number of halogens is 2. The van der Waals surface area contributed by atoms with Gasteiger partial charge in [-0.15, -0.1) is 0 Å². The zero-order valence-electron chi connectivity index (χ0n) is 11.7. The normalized spacial score (nSPS) is 13.9. The average Bonchev–Trinajstić information content (AvgIpc) is 2.51. The van der Waals surface area contributed by atoms with Gasteiger partial charge >= 0.3 is 0 Å². The van der Waals surface area contributed by atoms with Crippen LogP contribution >= 0.6 is 0 Å². The second-order valence-electron chi connectivity index (χ2n) is 4.78. The molecular formula is C16H18F2N2O. The maximum Gasteiger partial charge on any atom is 0.126 e. The van der Waals surface area contributed by atoms with E-state index in [0.717, 1.165) is 17.7 Å². The molecule has 0 amide bonds. The summed E-state index contributed by atoms with van der Waals surface area (Å²) in [6, 6.07) is 12.5. The van der Waals surface area contributed by atoms with Crippen molar-refractivity contribution < 1.29 is 13.5 Å². The lowest BCUT2D eigenvalue weighted by atomic mass is 9.96. The van der Waals surface area contributed by atoms with Crippen LogP contribution in [0, 0.1) is 11.6 Å². The molecule has 0 saturated heterocycles. The van der Waals surface area contributed by atoms with Gasteiger partial charge < -0.3 is 4.74 Å². The number of nitrogens with two attached hydrogens (primary N) is 1. The fourth-order valence-electron chi connectivity index (χ4n) is 2.37. The largest absolute Gasteiger partial charge is 0.375 e. The highest BCUT2D eigenvalue weighted by atomic mass is 19.1. The first kappa shape index (κ1) is 15.6. The summed E-state index contributed by atoms with van der Waals surface area (Å²) < 4.78 is 32.5. The van der Waals surface area contributed by atoms with Crippen LogP contribution in [0.5, 0.6) is 0 Å². The Morgan fingerprint density at radius 1 is 1.14 bits per heavy atom. The number of rotatable bonds is 6. The van der Waals surface area contributed by atoms with Crippen LogP contribution in [0.25, 0.3) is 0 Å². The minimum atomic E-state index is -0.476. The number of nitrogens with one attached hydrogen (secondary N) is 1. The monoisotopic (exact) mass is 292 g/mol. The van der Waals surface area contributed by atoms with E-state index in [1.165, 1.54) is 6.07 Å². The first-order valence-electron chi connectivity index (χ1n) is 6.63. The number of benzene rings is 2. The van der Waals surface area contributed by atoms with Crippen molar-refractivity contribution in [1.82, 2.24) is 5.43 Å². The van der Waals surface area contributed by atoms with Crippen molar-refractivity contribution in [3.05, 3.63) is 71.3 Å². The van der Waals surface area contributed by atoms with Gasteiger partial charge in [0.1, 0.15) is 11.6 Å². The van der Waals surface area contributed by atoms with Crippen molar-refractivity contribution in [2.75, 3.05) is 7.11 Å². The Morgan fingerprint density at radius 2 is 1.86 bits per heavy atom. The highest BCUT2D eigenvalue weighted by molar-refractivity contribution is 5.23. The van der Waals surface area contributed by atoms with E-state index in [2.05, 4.69) is 5.43 Å². The molecule has 0 aliphatic heterocycles. The number of hydrazine groups is 1. The summed E-state index contributed by atoms with van der Waals surface area (Å²) in [6.07, 6.45) is -0.146. The predicted octanol–water partition coefficient (Wildman–Crippen LogP) is 2.73. The van der Waals surface area contributed by atoms with Crippen molar-refractivity contribution in [3.63, 3.8) is 0 Å². The molecule has 2 aromatic carbocycles. The zero-order chi connectivity index (χ0) is 15.2. The molecule has 0 bridgehead atoms. The standard InChI is InChI=1S/C16H18F2N2O/c1-21-16(11-5-3-2-4-6-11)15(20-19)10-12-9-13(17)7-8-14(12)18/h2-9,15-16,20H,10,19H2,1H3. The summed E-state index contributed by atoms with van der Waals surface area (Å²) in [4.78, 5) is 0. The SMILES string of the molecule is COC(c1ccccc1)C(Cc1cc(F)ccc1F)NN. The predicted molar refractivity (Wildman–Crippen MR) is 77.4 cm³/mol. The van der Waals surface area contributed by atoms with E-state index in [0.29, 0.717) is 0 Å². The first-order valence-corrected chi connectivity index (χ1v) is 6.63. The molecule has 112 valence electrons. The zero-order valence-corrected chi connectivity index (χ0v) is 11.7. The third-order valence-electron chi connectivity index (χ3n) is 3.41. The van der Waals surface area contributed by atoms with Gasteiger partial charge in [-0.05, 0) is 35.7 Å². The van der Waals surface area contributed by atoms with E-state index >= 15 is 0 Å². The van der Waals surface area contributed by atoms with Crippen molar-refractivity contribution >= 4 is 0 Å². The van der Waals surface area contributed by atoms with E-state index in [4.69, 9.17) is 10.6 Å². The summed E-state index contributed by atoms with van der Waals surface area (Å²) in [6.45, 7) is 0. The van der Waals surface area contributed by atoms with E-state index in [1.54, 1.807) is 7.11 Å². The highest BCUT2D eigenvalue weighted by Crippen LogP contribution is 2.23. The lowest BCUT2D eigenvalue weighted by Crippen LogP contribution is -2.42. The molecule has 0 spiro atoms. The van der Waals surface area contributed by atoms with Crippen LogP contribution in [-0.4, -0.2) is 13.2 Å². The van der Waals surface area contributed by atoms with Crippen LogP contribution in [-0.2, 0) is 11.2 Å². The molecule has 3 nitrogen and oxygen atoms in total. The van der Waals surface area contributed by atoms with Gasteiger partial charge in [-0.25, -0.2) is 8.78 Å². The van der Waals surface area contributed by atoms with Gasteiger partial charge in [0, 0.05) is 7.11 Å². The second-order valence-corrected chi connectivity index (χ2v) is 4.78. The van der Waals surface area contributed by atoms with Gasteiger partial charge in [0.2, 0.25) is 0 Å². The maximum absolute atomic E-state index is 13.8. The minimum absolute atomic E-state index is 0.216. The summed E-state index contributed by atoms with van der Waals surface area (Å²) in [5.74, 6) is 4.64. The number of hydrogen-bond donors (Lipinski definition) is 2. The van der Waals surface area contributed by atoms with Crippen molar-refractivity contribution in [1.29, 1.82) is 0 Å². The van der Waals surface area contributed by atoms with Crippen molar-refractivity contribution in [3.8, 4) is 0 Å². The average molecular weight is 292 g/mol. The highest BCUT2D eigenvalue weighted by Gasteiger charge is 2.23. The topological polar surface area (TPSA) is 47.3 Å². The Hall–Kier alpha value is -1.82. The van der Waals surface area contributed by atoms with Crippen LogP contribution in [0.15, 0.2) is 48.5 Å². The Kier molecular flexibility index (Phi) is 5.38. The summed E-state index contributed by atoms with van der Waals surface area (Å²) in [7, 11) is 1.56. The fourth-order valence-corrected chi connectivity index (χ4v) is 2.37. The summed E-state index contributed by atoms with van der Waals surface area (Å²) in [5, 5.41) is 0. The van der Waals surface area contributed by atoms with Gasteiger partial charge in [0.15, 0.2) is 0 Å². The number of hydrogen-bond acceptors (Lipinski definition) is 3. The van der Waals surface area contributed by atoms with Crippen molar-refractivity contribution in [2.45, 2.75) is 18.6 Å². The molecule has 3 N–H and O–H groups in total. The molecule has 2 unspecified atom stereocenters. The molecule has 0 aliphatic rings. The van der Waals surface area contributed by atoms with E-state index < -0.39 is 11.6 Å². The first-order chi connectivity index (χ1) is 10.2. The molecule has 2 aromatic rings. The molecule has 0 aromatic heterocycles. The van der Waals surface area contributed by atoms with Gasteiger partial charge in [0.05, 0.1) is 12.1 Å². The molecule has 5 heteroatoms. The lowest BCUT2D eigenvalue weighted by Gasteiger charge is -2.26. The van der Waals surface area contributed by atoms with Crippen LogP contribution in [0.3, 0.4) is 0 Å². The second kappa shape index (κ2) is 7.26. The third-order valence-corrected chi connectivity index (χ3v) is 3.41. The number of ether oxygens (including phenoxy) is 1. The van der Waals surface area contributed by atoms with Gasteiger partial charge in [0.25, 0.3) is 0 Å². The van der Waals surface area contributed by atoms with Gasteiger partial charge in [-0.3, -0.25) is 11.3 Å². The lowest BCUT2D eigenvalue weighted by molar-refractivity contribution is 0.0676. The molecule has 2 atom stereocenters. The molecule has 21 heavy (non-hydrogen) atoms. The van der Waals surface area contributed by atoms with Crippen molar-refractivity contribution in [2.24, 2.45) is 5.84 Å². The third kappa shape index (κ3) is 3.85. The van der Waals surface area contributed by atoms with E-state index in [1.807, 2.05) is 30.3 Å². The molecule has 0 fully saturated rings. The molecule has 0 heterocycles. The Morgan fingerprint density at radius 3 is 2.48 bits per heavy atom. The quantitative estimate of drug-likeness (QED) is 0.636. The molecular weight excluding hydrogens is 274 g/mol. The van der Waals surface area contributed by atoms with Gasteiger partial charge in [-0.1, -0.05) is 30.3 Å². The summed E-state index contributed by atoms with van der Waals surface area (Å²) in [5.41, 5.74) is 3.81. The fraction of sp³-hybridized carbons (Fsp3) is 0.250. The molecule has 0 radical (unpaired) electrons. The Labute approximate surface area is 122 Å². The Balaban J connectivity index is 2.24. The minimum Gasteiger partial charge on any atom is -0.375 e. The van der Waals surface area contributed by atoms with Crippen LogP contribution in [0.2, 0.25) is 0 Å². The van der Waals surface area contributed by atoms with Gasteiger partial charge in [-0.2, -0.15) is 0 Å². The van der Waals surface area contributed by atoms with E-state index in [-0.39, 0.29) is 24.1 Å². The molecule has 2 rings (SSSR count). The summed E-state index contributed by atoms with van der Waals surface area (Å²) >= 11 is 0. The van der Waals surface area contributed by atoms with Crippen LogP contribution < -0.4 is 11.3 Å². The maximum atomic E-state index is 13.8.